The van der Waals surface area contributed by atoms with E-state index in [4.69, 9.17) is 23.2 Å². The Bertz CT molecular complexity index is 517. The molecule has 5 heteroatoms. The minimum absolute atomic E-state index is 0.169. The lowest BCUT2D eigenvalue weighted by atomic mass is 10.1. The third-order valence-corrected chi connectivity index (χ3v) is 2.77. The van der Waals surface area contributed by atoms with Gasteiger partial charge in [0.05, 0.1) is 5.69 Å². The first kappa shape index (κ1) is 11.3. The van der Waals surface area contributed by atoms with Crippen LogP contribution in [0.2, 0.25) is 10.2 Å². The van der Waals surface area contributed by atoms with E-state index in [0.717, 1.165) is 5.56 Å². The summed E-state index contributed by atoms with van der Waals surface area (Å²) >= 11 is 11.5. The summed E-state index contributed by atoms with van der Waals surface area (Å²) in [5, 5.41) is 0.411. The Balaban J connectivity index is 2.35. The zero-order chi connectivity index (χ0) is 11.5. The molecular formula is C11H7Cl2FN2. The molecule has 0 aliphatic carbocycles. The number of halogens is 3. The summed E-state index contributed by atoms with van der Waals surface area (Å²) in [7, 11) is 0. The molecule has 0 aliphatic rings. The average Bonchev–Trinajstić information content (AvgIpc) is 2.28. The van der Waals surface area contributed by atoms with Crippen molar-refractivity contribution < 1.29 is 4.39 Å². The Hall–Kier alpha value is -1.19. The molecule has 0 aliphatic heterocycles. The van der Waals surface area contributed by atoms with E-state index in [0.29, 0.717) is 11.4 Å². The maximum atomic E-state index is 13.5. The van der Waals surface area contributed by atoms with E-state index < -0.39 is 5.82 Å². The van der Waals surface area contributed by atoms with Gasteiger partial charge in [-0.15, -0.1) is 0 Å². The first-order valence-electron chi connectivity index (χ1n) is 4.57. The van der Waals surface area contributed by atoms with E-state index in [2.05, 4.69) is 9.97 Å². The third kappa shape index (κ3) is 2.31. The zero-order valence-electron chi connectivity index (χ0n) is 8.12. The van der Waals surface area contributed by atoms with Gasteiger partial charge in [-0.2, -0.15) is 0 Å². The van der Waals surface area contributed by atoms with Gasteiger partial charge >= 0.3 is 0 Å². The van der Waals surface area contributed by atoms with Crippen molar-refractivity contribution in [3.8, 4) is 0 Å². The predicted octanol–water partition coefficient (Wildman–Crippen LogP) is 3.51. The molecule has 82 valence electrons. The molecule has 0 bridgehead atoms. The minimum atomic E-state index is -0.593. The Labute approximate surface area is 102 Å². The van der Waals surface area contributed by atoms with Crippen LogP contribution in [0.5, 0.6) is 0 Å². The summed E-state index contributed by atoms with van der Waals surface area (Å²) in [4.78, 5) is 7.40. The largest absolute Gasteiger partial charge is 0.238 e. The van der Waals surface area contributed by atoms with Crippen molar-refractivity contribution in [2.45, 2.75) is 6.42 Å². The van der Waals surface area contributed by atoms with Crippen LogP contribution in [-0.2, 0) is 6.42 Å². The van der Waals surface area contributed by atoms with Gasteiger partial charge in [-0.05, 0) is 11.6 Å². The highest BCUT2D eigenvalue weighted by Crippen LogP contribution is 2.21. The standard InChI is InChI=1S/C11H7Cl2FN2/c12-8-4-2-1-3-7(8)5-9-10(14)11(13)16-6-15-9/h1-4,6H,5H2. The molecule has 0 atom stereocenters. The van der Waals surface area contributed by atoms with E-state index in [9.17, 15) is 4.39 Å². The quantitative estimate of drug-likeness (QED) is 0.769. The Morgan fingerprint density at radius 2 is 1.88 bits per heavy atom. The van der Waals surface area contributed by atoms with E-state index >= 15 is 0 Å². The molecule has 0 spiro atoms. The molecule has 1 heterocycles. The highest BCUT2D eigenvalue weighted by molar-refractivity contribution is 6.31. The van der Waals surface area contributed by atoms with Crippen LogP contribution in [-0.4, -0.2) is 9.97 Å². The van der Waals surface area contributed by atoms with Crippen LogP contribution in [0.1, 0.15) is 11.3 Å². The van der Waals surface area contributed by atoms with E-state index in [-0.39, 0.29) is 10.8 Å². The Morgan fingerprint density at radius 1 is 1.12 bits per heavy atom. The van der Waals surface area contributed by atoms with Gasteiger partial charge in [0.1, 0.15) is 6.33 Å². The van der Waals surface area contributed by atoms with Crippen molar-refractivity contribution in [2.24, 2.45) is 0 Å². The molecule has 0 saturated carbocycles. The molecule has 1 aromatic carbocycles. The van der Waals surface area contributed by atoms with E-state index in [1.54, 1.807) is 6.07 Å². The number of nitrogens with zero attached hydrogens (tertiary/aromatic N) is 2. The number of benzene rings is 1. The first-order chi connectivity index (χ1) is 7.68. The van der Waals surface area contributed by atoms with Crippen LogP contribution < -0.4 is 0 Å². The van der Waals surface area contributed by atoms with Gasteiger partial charge < -0.3 is 0 Å². The summed E-state index contributed by atoms with van der Waals surface area (Å²) in [5.41, 5.74) is 1.05. The van der Waals surface area contributed by atoms with Crippen LogP contribution in [0.4, 0.5) is 4.39 Å². The topological polar surface area (TPSA) is 25.8 Å². The fraction of sp³-hybridized carbons (Fsp3) is 0.0909. The minimum Gasteiger partial charge on any atom is -0.238 e. The second kappa shape index (κ2) is 4.76. The van der Waals surface area contributed by atoms with Crippen LogP contribution in [0.25, 0.3) is 0 Å². The number of aromatic nitrogens is 2. The number of hydrogen-bond acceptors (Lipinski definition) is 2. The van der Waals surface area contributed by atoms with Gasteiger partial charge in [0.25, 0.3) is 0 Å². The van der Waals surface area contributed by atoms with Gasteiger partial charge in [-0.25, -0.2) is 14.4 Å². The van der Waals surface area contributed by atoms with Crippen molar-refractivity contribution in [2.75, 3.05) is 0 Å². The lowest BCUT2D eigenvalue weighted by Gasteiger charge is -2.04. The van der Waals surface area contributed by atoms with E-state index in [1.807, 2.05) is 18.2 Å². The first-order valence-corrected chi connectivity index (χ1v) is 5.32. The summed E-state index contributed by atoms with van der Waals surface area (Å²) in [6.07, 6.45) is 1.53. The summed E-state index contributed by atoms with van der Waals surface area (Å²) in [6.45, 7) is 0. The van der Waals surface area contributed by atoms with Crippen molar-refractivity contribution in [3.63, 3.8) is 0 Å². The van der Waals surface area contributed by atoms with Crippen molar-refractivity contribution in [1.82, 2.24) is 9.97 Å². The summed E-state index contributed by atoms with van der Waals surface area (Å²) in [6, 6.07) is 7.21. The Morgan fingerprint density at radius 3 is 2.62 bits per heavy atom. The molecule has 16 heavy (non-hydrogen) atoms. The van der Waals surface area contributed by atoms with Crippen LogP contribution in [0.3, 0.4) is 0 Å². The number of hydrogen-bond donors (Lipinski definition) is 0. The molecule has 0 saturated heterocycles. The maximum absolute atomic E-state index is 13.5. The second-order valence-electron chi connectivity index (χ2n) is 3.19. The lowest BCUT2D eigenvalue weighted by Crippen LogP contribution is -1.99. The van der Waals surface area contributed by atoms with Gasteiger partial charge in [-0.3, -0.25) is 0 Å². The fourth-order valence-corrected chi connectivity index (χ4v) is 1.68. The van der Waals surface area contributed by atoms with Crippen LogP contribution >= 0.6 is 23.2 Å². The van der Waals surface area contributed by atoms with Crippen LogP contribution in [0.15, 0.2) is 30.6 Å². The van der Waals surface area contributed by atoms with Crippen molar-refractivity contribution >= 4 is 23.2 Å². The predicted molar refractivity (Wildman–Crippen MR) is 61.3 cm³/mol. The molecular weight excluding hydrogens is 250 g/mol. The second-order valence-corrected chi connectivity index (χ2v) is 3.96. The number of rotatable bonds is 2. The molecule has 2 nitrogen and oxygen atoms in total. The van der Waals surface area contributed by atoms with Crippen molar-refractivity contribution in [1.29, 1.82) is 0 Å². The fourth-order valence-electron chi connectivity index (χ4n) is 1.33. The molecule has 0 amide bonds. The van der Waals surface area contributed by atoms with E-state index in [1.165, 1.54) is 6.33 Å². The smallest absolute Gasteiger partial charge is 0.182 e. The van der Waals surface area contributed by atoms with Crippen molar-refractivity contribution in [3.05, 3.63) is 57.8 Å². The third-order valence-electron chi connectivity index (χ3n) is 2.13. The normalized spacial score (nSPS) is 10.4. The van der Waals surface area contributed by atoms with Gasteiger partial charge in [0.15, 0.2) is 11.0 Å². The summed E-state index contributed by atoms with van der Waals surface area (Å²) < 4.78 is 13.5. The SMILES string of the molecule is Fc1c(Cl)ncnc1Cc1ccccc1Cl. The highest BCUT2D eigenvalue weighted by atomic mass is 35.5. The molecule has 2 aromatic rings. The average molecular weight is 257 g/mol. The molecule has 0 radical (unpaired) electrons. The molecule has 2 rings (SSSR count). The Kier molecular flexibility index (Phi) is 3.36. The van der Waals surface area contributed by atoms with Gasteiger partial charge in [0, 0.05) is 11.4 Å². The monoisotopic (exact) mass is 256 g/mol. The van der Waals surface area contributed by atoms with Gasteiger partial charge in [-0.1, -0.05) is 41.4 Å². The molecule has 0 N–H and O–H groups in total. The molecule has 1 aromatic heterocycles. The molecule has 0 fully saturated rings. The highest BCUT2D eigenvalue weighted by Gasteiger charge is 2.10. The lowest BCUT2D eigenvalue weighted by molar-refractivity contribution is 0.596. The summed E-state index contributed by atoms with van der Waals surface area (Å²) in [5.74, 6) is -0.593. The molecule has 0 unspecified atom stereocenters. The maximum Gasteiger partial charge on any atom is 0.182 e. The zero-order valence-corrected chi connectivity index (χ0v) is 9.63. The van der Waals surface area contributed by atoms with Gasteiger partial charge in [0.2, 0.25) is 0 Å². The van der Waals surface area contributed by atoms with Crippen LogP contribution in [0, 0.1) is 5.82 Å².